The number of nitrogens with zero attached hydrogens (tertiary/aromatic N) is 4. The predicted octanol–water partition coefficient (Wildman–Crippen LogP) is 1.53. The van der Waals surface area contributed by atoms with Crippen LogP contribution in [0.25, 0.3) is 10.9 Å². The number of aliphatic hydroxyl groups excluding tert-OH is 1. The van der Waals surface area contributed by atoms with Crippen molar-refractivity contribution in [2.24, 2.45) is 5.92 Å². The molecule has 1 saturated heterocycles. The second-order valence-corrected chi connectivity index (χ2v) is 6.79. The van der Waals surface area contributed by atoms with Gasteiger partial charge in [0.25, 0.3) is 0 Å². The van der Waals surface area contributed by atoms with Crippen molar-refractivity contribution in [3.05, 3.63) is 53.5 Å². The van der Waals surface area contributed by atoms with Gasteiger partial charge in [0.2, 0.25) is 5.91 Å². The van der Waals surface area contributed by atoms with E-state index in [4.69, 9.17) is 0 Å². The Hall–Kier alpha value is -2.80. The number of carbonyl (C=O) groups is 1. The Morgan fingerprint density at radius 3 is 2.92 bits per heavy atom. The number of rotatable bonds is 4. The molecule has 1 amide bonds. The first-order valence-corrected chi connectivity index (χ1v) is 8.68. The van der Waals surface area contributed by atoms with Crippen LogP contribution in [-0.4, -0.2) is 50.4 Å². The topological polar surface area (TPSA) is 92.4 Å². The Balaban J connectivity index is 1.47. The Morgan fingerprint density at radius 1 is 1.27 bits per heavy atom. The van der Waals surface area contributed by atoms with E-state index >= 15 is 0 Å². The van der Waals surface area contributed by atoms with E-state index in [1.54, 1.807) is 18.0 Å². The number of pyridine rings is 1. The van der Waals surface area contributed by atoms with Gasteiger partial charge in [-0.15, -0.1) is 0 Å². The van der Waals surface area contributed by atoms with E-state index in [0.29, 0.717) is 30.9 Å². The minimum absolute atomic E-state index is 0.00119. The molecule has 1 aliphatic rings. The average Bonchev–Trinajstić information content (AvgIpc) is 3.21. The normalized spacial score (nSPS) is 20.0. The van der Waals surface area contributed by atoms with Gasteiger partial charge in [-0.05, 0) is 31.0 Å². The Labute approximate surface area is 150 Å². The van der Waals surface area contributed by atoms with Crippen LogP contribution in [0.5, 0.6) is 0 Å². The summed E-state index contributed by atoms with van der Waals surface area (Å²) < 4.78 is 4.64. The first-order chi connectivity index (χ1) is 12.6. The maximum absolute atomic E-state index is 12.5. The van der Waals surface area contributed by atoms with E-state index in [1.807, 2.05) is 30.3 Å². The molecule has 2 atom stereocenters. The molecule has 3 heterocycles. The van der Waals surface area contributed by atoms with E-state index in [0.717, 1.165) is 16.5 Å². The molecule has 26 heavy (non-hydrogen) atoms. The van der Waals surface area contributed by atoms with Crippen LogP contribution in [0.2, 0.25) is 0 Å². The molecule has 134 valence electrons. The van der Waals surface area contributed by atoms with Crippen LogP contribution in [0.3, 0.4) is 0 Å². The molecule has 2 aromatic heterocycles. The molecule has 1 N–H and O–H groups in total. The molecule has 0 unspecified atom stereocenters. The summed E-state index contributed by atoms with van der Waals surface area (Å²) in [6.45, 7) is 2.63. The van der Waals surface area contributed by atoms with Crippen molar-refractivity contribution in [2.45, 2.75) is 25.9 Å². The molecule has 0 aliphatic carbocycles. The van der Waals surface area contributed by atoms with Gasteiger partial charge in [0.15, 0.2) is 0 Å². The summed E-state index contributed by atoms with van der Waals surface area (Å²) in [5.74, 6) is -0.0637. The number of para-hydroxylation sites is 1. The second kappa shape index (κ2) is 6.84. The smallest absolute Gasteiger partial charge is 0.228 e. The molecule has 1 fully saturated rings. The molecule has 0 spiro atoms. The van der Waals surface area contributed by atoms with Crippen LogP contribution in [0.1, 0.15) is 17.0 Å². The van der Waals surface area contributed by atoms with Crippen molar-refractivity contribution < 1.29 is 14.5 Å². The average molecular weight is 352 g/mol. The van der Waals surface area contributed by atoms with Gasteiger partial charge in [-0.25, -0.2) is 4.63 Å². The fourth-order valence-corrected chi connectivity index (χ4v) is 3.54. The fraction of sp³-hybridized carbons (Fsp3) is 0.368. The highest BCUT2D eigenvalue weighted by molar-refractivity contribution is 5.82. The Kier molecular flexibility index (Phi) is 4.38. The number of amides is 1. The molecular weight excluding hydrogens is 332 g/mol. The molecule has 0 radical (unpaired) electrons. The van der Waals surface area contributed by atoms with Crippen LogP contribution in [0, 0.1) is 12.8 Å². The lowest BCUT2D eigenvalue weighted by Crippen LogP contribution is -2.31. The third-order valence-corrected chi connectivity index (χ3v) is 5.05. The van der Waals surface area contributed by atoms with E-state index < -0.39 is 6.10 Å². The van der Waals surface area contributed by atoms with Gasteiger partial charge in [0, 0.05) is 30.6 Å². The third kappa shape index (κ3) is 3.17. The number of fused-ring (bicyclic) bond motifs is 1. The maximum atomic E-state index is 12.5. The van der Waals surface area contributed by atoms with E-state index in [2.05, 4.69) is 19.9 Å². The maximum Gasteiger partial charge on any atom is 0.228 e. The minimum Gasteiger partial charge on any atom is -0.391 e. The van der Waals surface area contributed by atoms with Crippen LogP contribution in [0.15, 0.2) is 41.2 Å². The largest absolute Gasteiger partial charge is 0.391 e. The number of aryl methyl sites for hydroxylation is 1. The van der Waals surface area contributed by atoms with Crippen LogP contribution < -0.4 is 0 Å². The molecule has 7 heteroatoms. The summed E-state index contributed by atoms with van der Waals surface area (Å²) >= 11 is 0. The van der Waals surface area contributed by atoms with Gasteiger partial charge in [-0.1, -0.05) is 28.5 Å². The lowest BCUT2D eigenvalue weighted by atomic mass is 9.94. The van der Waals surface area contributed by atoms with Crippen LogP contribution in [-0.2, 0) is 17.6 Å². The number of hydrogen-bond acceptors (Lipinski definition) is 6. The first kappa shape index (κ1) is 16.7. The van der Waals surface area contributed by atoms with Gasteiger partial charge in [-0.2, -0.15) is 0 Å². The quantitative estimate of drug-likeness (QED) is 0.765. The monoisotopic (exact) mass is 352 g/mol. The van der Waals surface area contributed by atoms with Crippen molar-refractivity contribution in [2.75, 3.05) is 13.1 Å². The SMILES string of the molecule is Cc1nonc1CC(=O)N1C[C@@H](Cc2ccnc3ccccc23)[C@H](O)C1. The summed E-state index contributed by atoms with van der Waals surface area (Å²) in [6, 6.07) is 9.97. The molecule has 4 rings (SSSR count). The van der Waals surface area contributed by atoms with Crippen molar-refractivity contribution in [1.29, 1.82) is 0 Å². The first-order valence-electron chi connectivity index (χ1n) is 8.68. The summed E-state index contributed by atoms with van der Waals surface area (Å²) in [4.78, 5) is 18.6. The third-order valence-electron chi connectivity index (χ3n) is 5.05. The van der Waals surface area contributed by atoms with Gasteiger partial charge >= 0.3 is 0 Å². The zero-order valence-electron chi connectivity index (χ0n) is 14.5. The molecule has 0 saturated carbocycles. The van der Waals surface area contributed by atoms with Crippen molar-refractivity contribution >= 4 is 16.8 Å². The summed E-state index contributed by atoms with van der Waals surface area (Å²) in [7, 11) is 0. The molecule has 1 aliphatic heterocycles. The Morgan fingerprint density at radius 2 is 2.12 bits per heavy atom. The summed E-state index contributed by atoms with van der Waals surface area (Å²) in [5, 5.41) is 19.0. The number of carbonyl (C=O) groups excluding carboxylic acids is 1. The lowest BCUT2D eigenvalue weighted by molar-refractivity contribution is -0.129. The van der Waals surface area contributed by atoms with Crippen molar-refractivity contribution in [3.63, 3.8) is 0 Å². The fourth-order valence-electron chi connectivity index (χ4n) is 3.54. The number of benzene rings is 1. The highest BCUT2D eigenvalue weighted by atomic mass is 16.6. The molecule has 7 nitrogen and oxygen atoms in total. The van der Waals surface area contributed by atoms with Gasteiger partial charge in [0.1, 0.15) is 11.4 Å². The Bertz CT molecular complexity index is 934. The molecular formula is C19H20N4O3. The summed E-state index contributed by atoms with van der Waals surface area (Å²) in [6.07, 6.45) is 2.11. The van der Waals surface area contributed by atoms with Crippen molar-refractivity contribution in [3.8, 4) is 0 Å². The number of hydrogen-bond donors (Lipinski definition) is 1. The number of likely N-dealkylation sites (tertiary alicyclic amines) is 1. The lowest BCUT2D eigenvalue weighted by Gasteiger charge is -2.16. The van der Waals surface area contributed by atoms with Crippen LogP contribution >= 0.6 is 0 Å². The number of β-amino-alcohol motifs (C(OH)–C–C–N with tert-alkyl or cyclic N) is 1. The molecule has 3 aromatic rings. The van der Waals surface area contributed by atoms with Crippen molar-refractivity contribution in [1.82, 2.24) is 20.2 Å². The van der Waals surface area contributed by atoms with E-state index in [9.17, 15) is 9.90 Å². The highest BCUT2D eigenvalue weighted by Crippen LogP contribution is 2.25. The van der Waals surface area contributed by atoms with Gasteiger partial charge in [0.05, 0.1) is 18.0 Å². The number of aliphatic hydroxyl groups is 1. The van der Waals surface area contributed by atoms with E-state index in [-0.39, 0.29) is 18.2 Å². The molecule has 1 aromatic carbocycles. The zero-order valence-corrected chi connectivity index (χ0v) is 14.5. The zero-order chi connectivity index (χ0) is 18.1. The van der Waals surface area contributed by atoms with E-state index in [1.165, 1.54) is 0 Å². The predicted molar refractivity (Wildman–Crippen MR) is 94.3 cm³/mol. The standard InChI is InChI=1S/C19H20N4O3/c1-12-17(22-26-21-12)9-19(25)23-10-14(18(24)11-23)8-13-6-7-20-16-5-3-2-4-15(13)16/h2-7,14,18,24H,8-11H2,1H3/t14-,18-/m1/s1. The minimum atomic E-state index is -0.539. The van der Waals surface area contributed by atoms with Gasteiger partial charge in [-0.3, -0.25) is 9.78 Å². The van der Waals surface area contributed by atoms with Gasteiger partial charge < -0.3 is 10.0 Å². The second-order valence-electron chi connectivity index (χ2n) is 6.79. The van der Waals surface area contributed by atoms with Crippen LogP contribution in [0.4, 0.5) is 0 Å². The summed E-state index contributed by atoms with van der Waals surface area (Å²) in [5.41, 5.74) is 3.26. The number of aromatic nitrogens is 3. The molecule has 0 bridgehead atoms. The highest BCUT2D eigenvalue weighted by Gasteiger charge is 2.34.